The summed E-state index contributed by atoms with van der Waals surface area (Å²) in [6.45, 7) is 7.29. The molecule has 1 unspecified atom stereocenters. The summed E-state index contributed by atoms with van der Waals surface area (Å²) in [5.41, 5.74) is 4.09. The first kappa shape index (κ1) is 19.7. The van der Waals surface area contributed by atoms with Crippen molar-refractivity contribution in [2.24, 2.45) is 0 Å². The van der Waals surface area contributed by atoms with Crippen molar-refractivity contribution in [2.75, 3.05) is 13.1 Å². The van der Waals surface area contributed by atoms with Crippen molar-refractivity contribution in [3.63, 3.8) is 0 Å². The average Bonchev–Trinajstić information content (AvgIpc) is 3.12. The fourth-order valence-electron chi connectivity index (χ4n) is 4.14. The number of hydrogen-bond donors (Lipinski definition) is 1. The molecule has 1 aliphatic heterocycles. The van der Waals surface area contributed by atoms with Crippen molar-refractivity contribution >= 4 is 0 Å². The molecule has 1 N–H and O–H groups in total. The molecular weight excluding hydrogens is 365 g/mol. The molecule has 0 radical (unpaired) electrons. The van der Waals surface area contributed by atoms with Crippen molar-refractivity contribution in [1.29, 1.82) is 0 Å². The largest absolute Gasteiger partial charge is 0.307 e. The first-order valence-electron chi connectivity index (χ1n) is 10.3. The van der Waals surface area contributed by atoms with Gasteiger partial charge in [0.15, 0.2) is 0 Å². The van der Waals surface area contributed by atoms with Gasteiger partial charge in [0.25, 0.3) is 0 Å². The lowest BCUT2D eigenvalue weighted by atomic mass is 10.0. The Labute approximate surface area is 171 Å². The lowest BCUT2D eigenvalue weighted by Crippen LogP contribution is -2.43. The molecule has 152 valence electrons. The van der Waals surface area contributed by atoms with Crippen LogP contribution in [0, 0.1) is 12.7 Å². The van der Waals surface area contributed by atoms with Gasteiger partial charge in [-0.1, -0.05) is 12.1 Å². The summed E-state index contributed by atoms with van der Waals surface area (Å²) >= 11 is 0. The second-order valence-corrected chi connectivity index (χ2v) is 7.84. The Kier molecular flexibility index (Phi) is 6.02. The van der Waals surface area contributed by atoms with Gasteiger partial charge in [-0.15, -0.1) is 0 Å². The van der Waals surface area contributed by atoms with Gasteiger partial charge in [0, 0.05) is 49.2 Å². The Balaban J connectivity index is 1.34. The molecule has 2 aromatic heterocycles. The second-order valence-electron chi connectivity index (χ2n) is 7.84. The van der Waals surface area contributed by atoms with Crippen LogP contribution in [0.25, 0.3) is 5.69 Å². The number of pyridine rings is 1. The second kappa shape index (κ2) is 8.84. The molecule has 1 fully saturated rings. The van der Waals surface area contributed by atoms with Gasteiger partial charge in [0.2, 0.25) is 0 Å². The molecule has 1 saturated heterocycles. The third kappa shape index (κ3) is 4.71. The Bertz CT molecular complexity index is 931. The van der Waals surface area contributed by atoms with Gasteiger partial charge < -0.3 is 5.32 Å². The van der Waals surface area contributed by atoms with Crippen LogP contribution < -0.4 is 5.32 Å². The molecule has 0 aliphatic carbocycles. The van der Waals surface area contributed by atoms with Crippen molar-refractivity contribution < 1.29 is 4.39 Å². The number of aromatic nitrogens is 3. The molecule has 0 bridgehead atoms. The normalized spacial score (nSPS) is 16.8. The van der Waals surface area contributed by atoms with Gasteiger partial charge >= 0.3 is 0 Å². The van der Waals surface area contributed by atoms with Crippen LogP contribution in [-0.2, 0) is 6.54 Å². The Morgan fingerprint density at radius 3 is 2.72 bits per heavy atom. The Hall–Kier alpha value is -2.57. The zero-order valence-corrected chi connectivity index (χ0v) is 17.1. The summed E-state index contributed by atoms with van der Waals surface area (Å²) in [5, 5.41) is 8.26. The first-order chi connectivity index (χ1) is 14.1. The monoisotopic (exact) mass is 393 g/mol. The van der Waals surface area contributed by atoms with E-state index in [0.717, 1.165) is 55.1 Å². The quantitative estimate of drug-likeness (QED) is 0.687. The number of likely N-dealkylation sites (tertiary alicyclic amines) is 1. The van der Waals surface area contributed by atoms with E-state index < -0.39 is 0 Å². The van der Waals surface area contributed by atoms with E-state index in [1.165, 1.54) is 12.1 Å². The van der Waals surface area contributed by atoms with E-state index in [-0.39, 0.29) is 11.9 Å². The summed E-state index contributed by atoms with van der Waals surface area (Å²) in [6.07, 6.45) is 5.99. The fraction of sp³-hybridized carbons (Fsp3) is 0.391. The number of benzene rings is 1. The van der Waals surface area contributed by atoms with Crippen molar-refractivity contribution in [3.8, 4) is 5.69 Å². The van der Waals surface area contributed by atoms with E-state index >= 15 is 0 Å². The van der Waals surface area contributed by atoms with E-state index in [4.69, 9.17) is 0 Å². The fourth-order valence-corrected chi connectivity index (χ4v) is 4.14. The van der Waals surface area contributed by atoms with Gasteiger partial charge in [-0.3, -0.25) is 9.88 Å². The summed E-state index contributed by atoms with van der Waals surface area (Å²) < 4.78 is 15.4. The maximum Gasteiger partial charge on any atom is 0.125 e. The molecule has 3 heterocycles. The highest BCUT2D eigenvalue weighted by molar-refractivity contribution is 5.35. The Morgan fingerprint density at radius 1 is 1.17 bits per heavy atom. The number of nitrogens with zero attached hydrogens (tertiary/aromatic N) is 4. The predicted molar refractivity (Wildman–Crippen MR) is 112 cm³/mol. The molecule has 0 spiro atoms. The molecule has 6 heteroatoms. The summed E-state index contributed by atoms with van der Waals surface area (Å²) in [7, 11) is 0. The first-order valence-corrected chi connectivity index (χ1v) is 10.3. The molecule has 1 aliphatic rings. The number of nitrogens with one attached hydrogen (secondary N) is 1. The molecule has 0 amide bonds. The van der Waals surface area contributed by atoms with Gasteiger partial charge in [-0.2, -0.15) is 5.10 Å². The van der Waals surface area contributed by atoms with Crippen LogP contribution in [0.4, 0.5) is 4.39 Å². The van der Waals surface area contributed by atoms with Crippen LogP contribution in [0.15, 0.2) is 54.9 Å². The van der Waals surface area contributed by atoms with Crippen molar-refractivity contribution in [1.82, 2.24) is 25.0 Å². The third-order valence-electron chi connectivity index (χ3n) is 5.75. The maximum atomic E-state index is 13.6. The lowest BCUT2D eigenvalue weighted by Gasteiger charge is -2.33. The van der Waals surface area contributed by atoms with E-state index in [1.807, 2.05) is 42.2 Å². The topological polar surface area (TPSA) is 46.0 Å². The number of piperidine rings is 1. The molecule has 1 atom stereocenters. The molecule has 5 nitrogen and oxygen atoms in total. The summed E-state index contributed by atoms with van der Waals surface area (Å²) in [5.74, 6) is -0.248. The molecule has 0 saturated carbocycles. The summed E-state index contributed by atoms with van der Waals surface area (Å²) in [4.78, 5) is 6.90. The van der Waals surface area contributed by atoms with E-state index in [1.54, 1.807) is 6.07 Å². The Morgan fingerprint density at radius 2 is 2.00 bits per heavy atom. The summed E-state index contributed by atoms with van der Waals surface area (Å²) in [6, 6.07) is 13.3. The number of hydrogen-bond acceptors (Lipinski definition) is 4. The van der Waals surface area contributed by atoms with Crippen LogP contribution in [0.2, 0.25) is 0 Å². The minimum Gasteiger partial charge on any atom is -0.307 e. The molecule has 1 aromatic carbocycles. The highest BCUT2D eigenvalue weighted by Gasteiger charge is 2.23. The zero-order chi connectivity index (χ0) is 20.2. The molecule has 3 aromatic rings. The SMILES string of the molecule is Cc1c(C(C)NC2CCN(Cc3ccccn3)CC2)cnn1-c1cccc(F)c1. The van der Waals surface area contributed by atoms with Gasteiger partial charge in [0.1, 0.15) is 5.82 Å². The predicted octanol–water partition coefficient (Wildman–Crippen LogP) is 4.03. The van der Waals surface area contributed by atoms with E-state index in [0.29, 0.717) is 6.04 Å². The molecular formula is C23H28FN5. The van der Waals surface area contributed by atoms with E-state index in [2.05, 4.69) is 33.3 Å². The van der Waals surface area contributed by atoms with Gasteiger partial charge in [-0.05, 0) is 57.0 Å². The van der Waals surface area contributed by atoms with Crippen LogP contribution >= 0.6 is 0 Å². The smallest absolute Gasteiger partial charge is 0.125 e. The van der Waals surface area contributed by atoms with Crippen LogP contribution in [0.1, 0.15) is 42.8 Å². The number of halogens is 1. The van der Waals surface area contributed by atoms with Crippen molar-refractivity contribution in [2.45, 2.75) is 45.3 Å². The van der Waals surface area contributed by atoms with Crippen molar-refractivity contribution in [3.05, 3.63) is 77.6 Å². The minimum atomic E-state index is -0.248. The highest BCUT2D eigenvalue weighted by atomic mass is 19.1. The molecule has 29 heavy (non-hydrogen) atoms. The molecule has 4 rings (SSSR count). The van der Waals surface area contributed by atoms with E-state index in [9.17, 15) is 4.39 Å². The maximum absolute atomic E-state index is 13.6. The standard InChI is InChI=1S/C23H28FN5/c1-17(23-15-26-29(18(23)2)22-8-5-6-19(24)14-22)27-20-9-12-28(13-10-20)16-21-7-3-4-11-25-21/h3-8,11,14-15,17,20,27H,9-10,12-13,16H2,1-2H3. The zero-order valence-electron chi connectivity index (χ0n) is 17.1. The third-order valence-corrected chi connectivity index (χ3v) is 5.75. The van der Waals surface area contributed by atoms with Crippen LogP contribution in [0.3, 0.4) is 0 Å². The number of rotatable bonds is 6. The minimum absolute atomic E-state index is 0.199. The van der Waals surface area contributed by atoms with Gasteiger partial charge in [0.05, 0.1) is 17.6 Å². The highest BCUT2D eigenvalue weighted by Crippen LogP contribution is 2.23. The average molecular weight is 394 g/mol. The lowest BCUT2D eigenvalue weighted by molar-refractivity contribution is 0.183. The van der Waals surface area contributed by atoms with Crippen LogP contribution in [-0.4, -0.2) is 38.8 Å². The van der Waals surface area contributed by atoms with Crippen LogP contribution in [0.5, 0.6) is 0 Å². The van der Waals surface area contributed by atoms with Gasteiger partial charge in [-0.25, -0.2) is 9.07 Å².